The number of nitrogens with zero attached hydrogens (tertiary/aromatic N) is 1. The number of nitrogens with one attached hydrogen (secondary N) is 1. The molecule has 2 amide bonds. The molecule has 1 aliphatic rings. The average Bonchev–Trinajstić information content (AvgIpc) is 2.35. The van der Waals surface area contributed by atoms with Crippen molar-refractivity contribution in [1.82, 2.24) is 5.32 Å². The van der Waals surface area contributed by atoms with Crippen LogP contribution in [0, 0.1) is 5.82 Å². The van der Waals surface area contributed by atoms with Crippen molar-refractivity contribution in [3.8, 4) is 5.75 Å². The van der Waals surface area contributed by atoms with Crippen LogP contribution in [0.5, 0.6) is 5.75 Å². The first-order valence-electron chi connectivity index (χ1n) is 5.92. The Kier molecular flexibility index (Phi) is 4.18. The second-order valence-corrected chi connectivity index (χ2v) is 4.13. The molecular weight excluding hydrogens is 253 g/mol. The topological polar surface area (TPSA) is 76.8 Å². The number of ether oxygens (including phenoxy) is 2. The Labute approximate surface area is 110 Å². The summed E-state index contributed by atoms with van der Waals surface area (Å²) in [5, 5.41) is 3.25. The maximum Gasteiger partial charge on any atom is 0.336 e. The van der Waals surface area contributed by atoms with Crippen molar-refractivity contribution in [2.24, 2.45) is 5.84 Å². The van der Waals surface area contributed by atoms with E-state index in [9.17, 15) is 9.18 Å². The van der Waals surface area contributed by atoms with Gasteiger partial charge in [0.2, 0.25) is 0 Å². The SMILES string of the molecule is CNC(=O)N(N)c1ccc(F)cc1OCC1CCO1. The second kappa shape index (κ2) is 5.85. The molecule has 104 valence electrons. The highest BCUT2D eigenvalue weighted by Gasteiger charge is 2.21. The van der Waals surface area contributed by atoms with E-state index in [0.29, 0.717) is 18.9 Å². The Bertz CT molecular complexity index is 466. The van der Waals surface area contributed by atoms with Gasteiger partial charge in [-0.1, -0.05) is 0 Å². The van der Waals surface area contributed by atoms with Crippen LogP contribution in [-0.2, 0) is 4.74 Å². The standard InChI is InChI=1S/C12H16FN3O3/c1-15-12(17)16(14)10-3-2-8(13)6-11(10)19-7-9-4-5-18-9/h2-3,6,9H,4-5,7,14H2,1H3,(H,15,17). The molecule has 3 N–H and O–H groups in total. The Morgan fingerprint density at radius 2 is 2.42 bits per heavy atom. The summed E-state index contributed by atoms with van der Waals surface area (Å²) in [6.45, 7) is 1.02. The number of rotatable bonds is 4. The van der Waals surface area contributed by atoms with Crippen LogP contribution in [0.2, 0.25) is 0 Å². The molecule has 0 aliphatic carbocycles. The maximum atomic E-state index is 13.2. The van der Waals surface area contributed by atoms with Crippen molar-refractivity contribution in [2.45, 2.75) is 12.5 Å². The van der Waals surface area contributed by atoms with E-state index in [1.54, 1.807) is 0 Å². The molecule has 1 heterocycles. The molecule has 1 saturated heterocycles. The maximum absolute atomic E-state index is 13.2. The predicted octanol–water partition coefficient (Wildman–Crippen LogP) is 1.01. The average molecular weight is 269 g/mol. The molecule has 1 aliphatic heterocycles. The van der Waals surface area contributed by atoms with Crippen molar-refractivity contribution >= 4 is 11.7 Å². The van der Waals surface area contributed by atoms with Crippen LogP contribution in [0.15, 0.2) is 18.2 Å². The molecule has 0 saturated carbocycles. The van der Waals surface area contributed by atoms with Crippen molar-refractivity contribution < 1.29 is 18.7 Å². The monoisotopic (exact) mass is 269 g/mol. The van der Waals surface area contributed by atoms with Gasteiger partial charge in [-0.2, -0.15) is 0 Å². The first-order valence-corrected chi connectivity index (χ1v) is 5.92. The third kappa shape index (κ3) is 3.12. The molecule has 0 bridgehead atoms. The minimum atomic E-state index is -0.517. The summed E-state index contributed by atoms with van der Waals surface area (Å²) in [6.07, 6.45) is 0.925. The number of hydrogen-bond acceptors (Lipinski definition) is 4. The van der Waals surface area contributed by atoms with Gasteiger partial charge < -0.3 is 14.8 Å². The third-order valence-corrected chi connectivity index (χ3v) is 2.83. The quantitative estimate of drug-likeness (QED) is 0.486. The number of urea groups is 1. The molecule has 0 aromatic heterocycles. The van der Waals surface area contributed by atoms with E-state index in [1.165, 1.54) is 25.2 Å². The molecule has 1 aromatic carbocycles. The summed E-state index contributed by atoms with van der Waals surface area (Å²) < 4.78 is 23.9. The highest BCUT2D eigenvalue weighted by atomic mass is 19.1. The Morgan fingerprint density at radius 3 is 3.00 bits per heavy atom. The predicted molar refractivity (Wildman–Crippen MR) is 67.4 cm³/mol. The minimum Gasteiger partial charge on any atom is -0.489 e. The summed E-state index contributed by atoms with van der Waals surface area (Å²) in [4.78, 5) is 11.5. The van der Waals surface area contributed by atoms with Crippen molar-refractivity contribution in [2.75, 3.05) is 25.3 Å². The van der Waals surface area contributed by atoms with Gasteiger partial charge in [-0.05, 0) is 12.1 Å². The lowest BCUT2D eigenvalue weighted by Crippen LogP contribution is -2.43. The van der Waals surface area contributed by atoms with Gasteiger partial charge in [0.25, 0.3) is 0 Å². The second-order valence-electron chi connectivity index (χ2n) is 4.13. The molecule has 1 aromatic rings. The Morgan fingerprint density at radius 1 is 1.68 bits per heavy atom. The summed E-state index contributed by atoms with van der Waals surface area (Å²) in [5.41, 5.74) is 0.292. The van der Waals surface area contributed by atoms with E-state index in [4.69, 9.17) is 15.3 Å². The number of anilines is 1. The van der Waals surface area contributed by atoms with E-state index in [1.807, 2.05) is 0 Å². The van der Waals surface area contributed by atoms with E-state index in [2.05, 4.69) is 5.32 Å². The molecule has 7 heteroatoms. The van der Waals surface area contributed by atoms with Crippen molar-refractivity contribution in [3.63, 3.8) is 0 Å². The summed E-state index contributed by atoms with van der Waals surface area (Å²) >= 11 is 0. The smallest absolute Gasteiger partial charge is 0.336 e. The zero-order chi connectivity index (χ0) is 13.8. The van der Waals surface area contributed by atoms with Gasteiger partial charge in [0, 0.05) is 26.1 Å². The largest absolute Gasteiger partial charge is 0.489 e. The fourth-order valence-corrected chi connectivity index (χ4v) is 1.63. The number of amides is 2. The molecule has 1 unspecified atom stereocenters. The van der Waals surface area contributed by atoms with E-state index in [-0.39, 0.29) is 11.9 Å². The number of nitrogens with two attached hydrogens (primary N) is 1. The number of carbonyl (C=O) groups excluding carboxylic acids is 1. The highest BCUT2D eigenvalue weighted by Crippen LogP contribution is 2.28. The van der Waals surface area contributed by atoms with E-state index < -0.39 is 11.8 Å². The van der Waals surface area contributed by atoms with Crippen LogP contribution in [0.3, 0.4) is 0 Å². The molecule has 19 heavy (non-hydrogen) atoms. The van der Waals surface area contributed by atoms with E-state index >= 15 is 0 Å². The molecule has 0 radical (unpaired) electrons. The summed E-state index contributed by atoms with van der Waals surface area (Å²) in [6, 6.07) is 3.28. The van der Waals surface area contributed by atoms with Gasteiger partial charge in [-0.3, -0.25) is 0 Å². The van der Waals surface area contributed by atoms with Crippen LogP contribution in [-0.4, -0.2) is 32.4 Å². The lowest BCUT2D eigenvalue weighted by molar-refractivity contribution is -0.0720. The van der Waals surface area contributed by atoms with Crippen LogP contribution in [0.1, 0.15) is 6.42 Å². The fourth-order valence-electron chi connectivity index (χ4n) is 1.63. The van der Waals surface area contributed by atoms with Crippen LogP contribution in [0.25, 0.3) is 0 Å². The molecule has 1 fully saturated rings. The number of halogens is 1. The van der Waals surface area contributed by atoms with Gasteiger partial charge in [0.15, 0.2) is 0 Å². The number of benzene rings is 1. The normalized spacial score (nSPS) is 17.5. The zero-order valence-electron chi connectivity index (χ0n) is 10.6. The molecular formula is C12H16FN3O3. The van der Waals surface area contributed by atoms with Crippen LogP contribution in [0.4, 0.5) is 14.9 Å². The minimum absolute atomic E-state index is 0.0161. The lowest BCUT2D eigenvalue weighted by atomic mass is 10.2. The summed E-state index contributed by atoms with van der Waals surface area (Å²) in [7, 11) is 1.45. The number of carbonyl (C=O) groups is 1. The highest BCUT2D eigenvalue weighted by molar-refractivity contribution is 5.92. The molecule has 1 atom stereocenters. The number of hydrogen-bond donors (Lipinski definition) is 2. The Balaban J connectivity index is 2.13. The first kappa shape index (κ1) is 13.6. The van der Waals surface area contributed by atoms with Gasteiger partial charge >= 0.3 is 6.03 Å². The van der Waals surface area contributed by atoms with Gasteiger partial charge in [0.1, 0.15) is 23.9 Å². The van der Waals surface area contributed by atoms with Crippen LogP contribution < -0.4 is 20.9 Å². The lowest BCUT2D eigenvalue weighted by Gasteiger charge is -2.27. The Hall–Kier alpha value is -1.86. The van der Waals surface area contributed by atoms with Crippen molar-refractivity contribution in [3.05, 3.63) is 24.0 Å². The fraction of sp³-hybridized carbons (Fsp3) is 0.417. The first-order chi connectivity index (χ1) is 9.11. The van der Waals surface area contributed by atoms with Crippen LogP contribution >= 0.6 is 0 Å². The number of hydrazine groups is 1. The van der Waals surface area contributed by atoms with Gasteiger partial charge in [0.05, 0.1) is 6.10 Å². The van der Waals surface area contributed by atoms with E-state index in [0.717, 1.165) is 11.4 Å². The third-order valence-electron chi connectivity index (χ3n) is 2.83. The molecule has 2 rings (SSSR count). The zero-order valence-corrected chi connectivity index (χ0v) is 10.6. The molecule has 0 spiro atoms. The van der Waals surface area contributed by atoms with Gasteiger partial charge in [-0.15, -0.1) is 0 Å². The molecule has 6 nitrogen and oxygen atoms in total. The summed E-state index contributed by atoms with van der Waals surface area (Å²) in [5.74, 6) is 5.39. The van der Waals surface area contributed by atoms with Crippen molar-refractivity contribution in [1.29, 1.82) is 0 Å². The van der Waals surface area contributed by atoms with Gasteiger partial charge in [-0.25, -0.2) is 20.0 Å².